The number of hydrogen-bond donors (Lipinski definition) is 3. The molecule has 0 spiro atoms. The maximum absolute atomic E-state index is 13.8. The number of benzene rings is 1. The number of halogens is 4. The Morgan fingerprint density at radius 2 is 1.76 bits per heavy atom. The zero-order valence-corrected chi connectivity index (χ0v) is 26.6. The molecular weight excluding hydrogens is 671 g/mol. The van der Waals surface area contributed by atoms with Gasteiger partial charge in [0.1, 0.15) is 6.54 Å². The predicted molar refractivity (Wildman–Crippen MR) is 170 cm³/mol. The summed E-state index contributed by atoms with van der Waals surface area (Å²) in [7, 11) is 0. The molecule has 0 unspecified atom stereocenters. The van der Waals surface area contributed by atoms with Crippen LogP contribution >= 0.6 is 11.6 Å². The van der Waals surface area contributed by atoms with Crippen LogP contribution in [0.1, 0.15) is 28.9 Å². The fourth-order valence-electron chi connectivity index (χ4n) is 5.64. The first-order valence-electron chi connectivity index (χ1n) is 15.0. The number of hydrogen-bond acceptors (Lipinski definition) is 9. The third kappa shape index (κ3) is 7.68. The van der Waals surface area contributed by atoms with Crippen molar-refractivity contribution in [3.8, 4) is 17.3 Å². The van der Waals surface area contributed by atoms with E-state index in [4.69, 9.17) is 32.5 Å². The maximum atomic E-state index is 13.8. The Bertz CT molecular complexity index is 1870. The number of nitrogens with two attached hydrogens (primary N) is 1. The van der Waals surface area contributed by atoms with Gasteiger partial charge in [0.05, 0.1) is 34.1 Å². The average Bonchev–Trinajstić information content (AvgIpc) is 3.70. The molecule has 2 aliphatic rings. The molecule has 1 aromatic carbocycles. The Morgan fingerprint density at radius 1 is 1.10 bits per heavy atom. The molecule has 0 bridgehead atoms. The highest BCUT2D eigenvalue weighted by molar-refractivity contribution is 6.34. The normalized spacial score (nSPS) is 15.4. The number of carboxylic acid groups (broad SMARTS) is 1. The Kier molecular flexibility index (Phi) is 10.5. The number of carbonyl (C=O) groups excluding carboxylic acids is 2. The Hall–Kier alpha value is -5.41. The van der Waals surface area contributed by atoms with E-state index >= 15 is 0 Å². The molecule has 3 aromatic heterocycles. The number of fused-ring (bicyclic) bond motifs is 1. The topological polar surface area (TPSA) is 191 Å². The van der Waals surface area contributed by atoms with E-state index < -0.39 is 11.9 Å². The van der Waals surface area contributed by atoms with Crippen LogP contribution in [0.4, 0.5) is 29.5 Å². The number of imidazole rings is 1. The van der Waals surface area contributed by atoms with Gasteiger partial charge in [0.15, 0.2) is 17.2 Å². The number of nitrogens with one attached hydrogen (secondary N) is 1. The molecule has 2 fully saturated rings. The molecule has 0 aliphatic carbocycles. The van der Waals surface area contributed by atoms with Crippen LogP contribution in [0.15, 0.2) is 43.0 Å². The standard InChI is InChI=1S/C29H29ClF3N11O2.CH2O2/c30-22-15-19(1-2-20(22)27(45)40-11-13-42(14-12-40)28(46)41-7-3-18(35)4-8-41)38-25-26-37-16-23(44(26)10-6-36-25)21-17-43(9-5-34)39-24(21)29(31,32)33;2-1-3/h1-2,6,10,15-18H,3-4,7-9,11-14,35H2,(H,36,38);1H,(H,2,3). The molecule has 0 atom stereocenters. The van der Waals surface area contributed by atoms with Crippen LogP contribution in [0.3, 0.4) is 0 Å². The molecule has 15 nitrogen and oxygen atoms in total. The van der Waals surface area contributed by atoms with Crippen LogP contribution in [0.2, 0.25) is 5.02 Å². The van der Waals surface area contributed by atoms with Crippen molar-refractivity contribution in [3.63, 3.8) is 0 Å². The molecule has 0 radical (unpaired) electrons. The van der Waals surface area contributed by atoms with Gasteiger partial charge < -0.3 is 30.9 Å². The number of piperidine rings is 1. The summed E-state index contributed by atoms with van der Waals surface area (Å²) in [6.45, 7) is 2.23. The molecule has 3 amide bonds. The molecule has 2 aliphatic heterocycles. The lowest BCUT2D eigenvalue weighted by Gasteiger charge is -2.39. The number of rotatable bonds is 5. The van der Waals surface area contributed by atoms with Gasteiger partial charge in [-0.2, -0.15) is 23.5 Å². The highest BCUT2D eigenvalue weighted by Crippen LogP contribution is 2.37. The lowest BCUT2D eigenvalue weighted by molar-refractivity contribution is -0.141. The molecule has 0 saturated carbocycles. The van der Waals surface area contributed by atoms with Crippen LogP contribution in [0, 0.1) is 11.3 Å². The minimum Gasteiger partial charge on any atom is -0.483 e. The SMILES string of the molecule is N#CCn1cc(-c2cnc3c(Nc4ccc(C(=O)N5CCN(C(=O)N6CCC(N)CC6)CC5)c(Cl)c4)nccn23)c(C(F)(F)F)n1.O=CO. The summed E-state index contributed by atoms with van der Waals surface area (Å²) in [5.41, 5.74) is 5.68. The van der Waals surface area contributed by atoms with Crippen molar-refractivity contribution in [3.05, 3.63) is 59.3 Å². The summed E-state index contributed by atoms with van der Waals surface area (Å²) in [6, 6.07) is 6.66. The number of nitriles is 1. The van der Waals surface area contributed by atoms with Crippen LogP contribution in [-0.2, 0) is 17.5 Å². The third-order valence-corrected chi connectivity index (χ3v) is 8.39. The molecule has 19 heteroatoms. The summed E-state index contributed by atoms with van der Waals surface area (Å²) >= 11 is 6.54. The summed E-state index contributed by atoms with van der Waals surface area (Å²) in [4.78, 5) is 48.4. The van der Waals surface area contributed by atoms with E-state index in [1.807, 2.05) is 4.90 Å². The second kappa shape index (κ2) is 14.8. The van der Waals surface area contributed by atoms with Crippen molar-refractivity contribution in [1.82, 2.24) is 38.8 Å². The summed E-state index contributed by atoms with van der Waals surface area (Å²) in [5.74, 6) is -0.0264. The zero-order chi connectivity index (χ0) is 35.3. The number of anilines is 2. The van der Waals surface area contributed by atoms with Gasteiger partial charge in [0.2, 0.25) is 0 Å². The second-order valence-electron chi connectivity index (χ2n) is 11.2. The van der Waals surface area contributed by atoms with E-state index in [0.29, 0.717) is 50.5 Å². The van der Waals surface area contributed by atoms with E-state index in [2.05, 4.69) is 20.4 Å². The molecule has 4 N–H and O–H groups in total. The third-order valence-electron chi connectivity index (χ3n) is 8.08. The number of likely N-dealkylation sites (tertiary alicyclic amines) is 1. The van der Waals surface area contributed by atoms with Crippen LogP contribution in [-0.4, -0.2) is 108 Å². The number of alkyl halides is 3. The largest absolute Gasteiger partial charge is 0.483 e. The van der Waals surface area contributed by atoms with Crippen molar-refractivity contribution in [2.45, 2.75) is 31.6 Å². The lowest BCUT2D eigenvalue weighted by atomic mass is 10.1. The van der Waals surface area contributed by atoms with E-state index in [1.165, 1.54) is 23.0 Å². The Labute approximate surface area is 282 Å². The summed E-state index contributed by atoms with van der Waals surface area (Å²) < 4.78 is 43.6. The van der Waals surface area contributed by atoms with Crippen LogP contribution in [0.5, 0.6) is 0 Å². The second-order valence-corrected chi connectivity index (χ2v) is 11.6. The monoisotopic (exact) mass is 701 g/mol. The molecule has 6 rings (SSSR count). The van der Waals surface area contributed by atoms with Crippen molar-refractivity contribution in [2.75, 3.05) is 44.6 Å². The molecule has 258 valence electrons. The smallest absolute Gasteiger partial charge is 0.435 e. The van der Waals surface area contributed by atoms with Gasteiger partial charge >= 0.3 is 12.2 Å². The van der Waals surface area contributed by atoms with Gasteiger partial charge in [-0.1, -0.05) is 11.6 Å². The van der Waals surface area contributed by atoms with Crippen molar-refractivity contribution in [2.24, 2.45) is 5.73 Å². The Morgan fingerprint density at radius 3 is 2.39 bits per heavy atom. The van der Waals surface area contributed by atoms with Gasteiger partial charge in [-0.15, -0.1) is 0 Å². The van der Waals surface area contributed by atoms with Crippen molar-refractivity contribution >= 4 is 47.2 Å². The van der Waals surface area contributed by atoms with Gasteiger partial charge in [0, 0.05) is 69.6 Å². The highest BCUT2D eigenvalue weighted by atomic mass is 35.5. The van der Waals surface area contributed by atoms with E-state index in [-0.39, 0.29) is 58.7 Å². The molecule has 5 heterocycles. The van der Waals surface area contributed by atoms with Gasteiger partial charge in [-0.25, -0.2) is 14.8 Å². The maximum Gasteiger partial charge on any atom is 0.435 e. The number of aromatic nitrogens is 5. The van der Waals surface area contributed by atoms with Gasteiger partial charge in [-0.05, 0) is 31.0 Å². The molecular formula is C30H31ClF3N11O4. The highest BCUT2D eigenvalue weighted by Gasteiger charge is 2.38. The van der Waals surface area contributed by atoms with Crippen LogP contribution < -0.4 is 11.1 Å². The van der Waals surface area contributed by atoms with Gasteiger partial charge in [-0.3, -0.25) is 18.7 Å². The molecule has 49 heavy (non-hydrogen) atoms. The minimum absolute atomic E-state index is 0.0319. The number of urea groups is 1. The minimum atomic E-state index is -4.75. The summed E-state index contributed by atoms with van der Waals surface area (Å²) in [5, 5.41) is 22.6. The van der Waals surface area contributed by atoms with Crippen molar-refractivity contribution < 1.29 is 32.7 Å². The first kappa shape index (κ1) is 34.9. The fourth-order valence-corrected chi connectivity index (χ4v) is 5.90. The number of nitrogens with zero attached hydrogens (tertiary/aromatic N) is 9. The predicted octanol–water partition coefficient (Wildman–Crippen LogP) is 3.53. The van der Waals surface area contributed by atoms with E-state index in [1.54, 1.807) is 34.1 Å². The van der Waals surface area contributed by atoms with Crippen LogP contribution in [0.25, 0.3) is 16.9 Å². The molecule has 2 saturated heterocycles. The summed E-state index contributed by atoms with van der Waals surface area (Å²) in [6.07, 6.45) is 2.10. The van der Waals surface area contributed by atoms with E-state index in [0.717, 1.165) is 23.7 Å². The zero-order valence-electron chi connectivity index (χ0n) is 25.8. The number of carbonyl (C=O) groups is 3. The van der Waals surface area contributed by atoms with Gasteiger partial charge in [0.25, 0.3) is 12.4 Å². The molecule has 4 aromatic rings. The first-order valence-corrected chi connectivity index (χ1v) is 15.4. The van der Waals surface area contributed by atoms with E-state index in [9.17, 15) is 22.8 Å². The number of piperazine rings is 1. The fraction of sp³-hybridized carbons (Fsp3) is 0.367. The Balaban J connectivity index is 0.00000151. The first-order chi connectivity index (χ1) is 23.4. The lowest BCUT2D eigenvalue weighted by Crippen LogP contribution is -2.55. The van der Waals surface area contributed by atoms with Crippen molar-refractivity contribution in [1.29, 1.82) is 5.26 Å². The quantitative estimate of drug-likeness (QED) is 0.260. The number of amides is 3. The average molecular weight is 702 g/mol.